The van der Waals surface area contributed by atoms with Crippen molar-refractivity contribution in [1.29, 1.82) is 0 Å². The normalized spacial score (nSPS) is 10.7. The molecule has 0 radical (unpaired) electrons. The first-order valence-corrected chi connectivity index (χ1v) is 11.0. The van der Waals surface area contributed by atoms with Gasteiger partial charge in [-0.2, -0.15) is 0 Å². The van der Waals surface area contributed by atoms with Crippen LogP contribution < -0.4 is 4.16 Å². The Labute approximate surface area is 125 Å². The number of benzene rings is 1. The van der Waals surface area contributed by atoms with Gasteiger partial charge in [0, 0.05) is 0 Å². The summed E-state index contributed by atoms with van der Waals surface area (Å²) in [6, 6.07) is 8.66. The molecule has 11 heteroatoms. The van der Waals surface area contributed by atoms with Crippen molar-refractivity contribution >= 4 is 41.2 Å². The Morgan fingerprint density at radius 2 is 1.06 bits per heavy atom. The maximum absolute atomic E-state index is 7.56. The fraction of sp³-hybridized carbons (Fsp3) is 0.143. The van der Waals surface area contributed by atoms with Crippen molar-refractivity contribution in [2.24, 2.45) is 0 Å². The predicted octanol–water partition coefficient (Wildman–Crippen LogP) is -0.457. The molecule has 0 aromatic heterocycles. The fourth-order valence-corrected chi connectivity index (χ4v) is 1.08. The predicted molar refractivity (Wildman–Crippen MR) is 72.7 cm³/mol. The van der Waals surface area contributed by atoms with Gasteiger partial charge in [-0.3, -0.25) is 0 Å². The Hall–Kier alpha value is 0.903. The van der Waals surface area contributed by atoms with Crippen LogP contribution in [0, 0.1) is 6.92 Å². The quantitative estimate of drug-likeness (QED) is 0.263. The molecule has 0 fully saturated rings. The van der Waals surface area contributed by atoms with Crippen molar-refractivity contribution in [2.75, 3.05) is 0 Å². The first-order valence-electron chi connectivity index (χ1n) is 4.24. The van der Waals surface area contributed by atoms with E-state index in [2.05, 4.69) is 54.8 Å². The van der Waals surface area contributed by atoms with E-state index in [1.807, 2.05) is 0 Å². The molecule has 0 aliphatic rings. The minimum atomic E-state index is -3.81. The van der Waals surface area contributed by atoms with Gasteiger partial charge in [0.25, 0.3) is 0 Å². The zero-order chi connectivity index (χ0) is 15.0. The zero-order valence-electron chi connectivity index (χ0n) is 9.41. The SMILES string of the molecule is Cc1cc[c]([Zn])cc1.OP(O)(O)=S.OP(O)(O)=S. The Morgan fingerprint density at radius 1 is 0.833 bits per heavy atom. The summed E-state index contributed by atoms with van der Waals surface area (Å²) in [5, 5.41) is 0. The first-order chi connectivity index (χ1) is 7.79. The number of hydrogen-bond acceptors (Lipinski definition) is 2. The Kier molecular flexibility index (Phi) is 11.5. The maximum atomic E-state index is 7.56. The second-order valence-electron chi connectivity index (χ2n) is 3.01. The average Bonchev–Trinajstić information content (AvgIpc) is 2.04. The van der Waals surface area contributed by atoms with Crippen LogP contribution in [0.15, 0.2) is 24.3 Å². The molecular weight excluding hydrogens is 372 g/mol. The van der Waals surface area contributed by atoms with E-state index in [-0.39, 0.29) is 0 Å². The summed E-state index contributed by atoms with van der Waals surface area (Å²) in [5.41, 5.74) is 1.35. The van der Waals surface area contributed by atoms with E-state index in [0.29, 0.717) is 0 Å². The van der Waals surface area contributed by atoms with Crippen LogP contribution in [0.5, 0.6) is 0 Å². The third-order valence-corrected chi connectivity index (χ3v) is 2.11. The number of aryl methyl sites for hydroxylation is 1. The van der Waals surface area contributed by atoms with Gasteiger partial charge in [0.15, 0.2) is 0 Å². The van der Waals surface area contributed by atoms with Crippen LogP contribution in [-0.2, 0) is 41.9 Å². The van der Waals surface area contributed by atoms with Gasteiger partial charge in [0.2, 0.25) is 0 Å². The molecule has 0 amide bonds. The van der Waals surface area contributed by atoms with Gasteiger partial charge in [-0.25, -0.2) is 0 Å². The van der Waals surface area contributed by atoms with Crippen molar-refractivity contribution in [1.82, 2.24) is 0 Å². The smallest absolute Gasteiger partial charge is 0.319 e. The summed E-state index contributed by atoms with van der Waals surface area (Å²) in [5.74, 6) is 0. The Morgan fingerprint density at radius 3 is 1.22 bits per heavy atom. The van der Waals surface area contributed by atoms with Crippen molar-refractivity contribution in [3.63, 3.8) is 0 Å². The van der Waals surface area contributed by atoms with Gasteiger partial charge in [-0.15, -0.1) is 0 Å². The van der Waals surface area contributed by atoms with Crippen LogP contribution in [0.1, 0.15) is 5.56 Å². The molecule has 0 aliphatic carbocycles. The average molecular weight is 385 g/mol. The van der Waals surface area contributed by atoms with Crippen LogP contribution in [0.4, 0.5) is 0 Å². The summed E-state index contributed by atoms with van der Waals surface area (Å²) >= 11 is 8.47. The summed E-state index contributed by atoms with van der Waals surface area (Å²) < 4.78 is 1.45. The van der Waals surface area contributed by atoms with Crippen molar-refractivity contribution in [3.8, 4) is 0 Å². The van der Waals surface area contributed by atoms with Crippen LogP contribution >= 0.6 is 13.4 Å². The second-order valence-corrected chi connectivity index (χ2v) is 9.72. The van der Waals surface area contributed by atoms with Crippen LogP contribution in [0.2, 0.25) is 0 Å². The van der Waals surface area contributed by atoms with E-state index in [4.69, 9.17) is 29.4 Å². The molecule has 18 heavy (non-hydrogen) atoms. The Bertz CT molecular complexity index is 371. The molecule has 1 aromatic carbocycles. The standard InChI is InChI=1S/C7H7.2H3O3PS.Zn/c1-7-5-3-2-4-6-7;2*1-4(2,3)5;/h3-6H,1H3;2*(H3,1,2,3,5);. The molecule has 6 nitrogen and oxygen atoms in total. The molecule has 0 spiro atoms. The Balaban J connectivity index is 0. The molecule has 0 aliphatic heterocycles. The topological polar surface area (TPSA) is 121 Å². The molecule has 0 saturated carbocycles. The molecule has 0 unspecified atom stereocenters. The first kappa shape index (κ1) is 21.2. The minimum absolute atomic E-state index is 1.26. The second kappa shape index (κ2) is 9.75. The van der Waals surface area contributed by atoms with E-state index >= 15 is 0 Å². The summed E-state index contributed by atoms with van der Waals surface area (Å²) in [4.78, 5) is 45.3. The molecule has 0 bridgehead atoms. The van der Waals surface area contributed by atoms with Crippen LogP contribution in [0.3, 0.4) is 0 Å². The molecule has 1 rings (SSSR count). The molecular formula is C7H13O6P2S2Zn. The molecule has 6 N–H and O–H groups in total. The van der Waals surface area contributed by atoms with E-state index in [1.54, 1.807) is 0 Å². The largest absolute Gasteiger partial charge is 0.325 e. The van der Waals surface area contributed by atoms with Gasteiger partial charge in [-0.1, -0.05) is 0 Å². The third-order valence-electron chi connectivity index (χ3n) is 1.12. The third kappa shape index (κ3) is 36.0. The van der Waals surface area contributed by atoms with Crippen molar-refractivity contribution < 1.29 is 47.7 Å². The molecule has 0 saturated heterocycles. The summed E-state index contributed by atoms with van der Waals surface area (Å²) in [6.07, 6.45) is 0. The van der Waals surface area contributed by atoms with Crippen molar-refractivity contribution in [2.45, 2.75) is 6.92 Å². The van der Waals surface area contributed by atoms with Gasteiger partial charge in [0.1, 0.15) is 0 Å². The molecule has 0 atom stereocenters. The number of rotatable bonds is 0. The number of hydrogen-bond donors (Lipinski definition) is 6. The van der Waals surface area contributed by atoms with Gasteiger partial charge in [0.05, 0.1) is 0 Å². The van der Waals surface area contributed by atoms with E-state index in [1.165, 1.54) is 28.0 Å². The molecule has 101 valence electrons. The summed E-state index contributed by atoms with van der Waals surface area (Å²) in [7, 11) is 0. The monoisotopic (exact) mass is 383 g/mol. The van der Waals surface area contributed by atoms with Gasteiger partial charge < -0.3 is 29.4 Å². The van der Waals surface area contributed by atoms with Crippen LogP contribution in [0.25, 0.3) is 0 Å². The maximum Gasteiger partial charge on any atom is 0.319 e. The van der Waals surface area contributed by atoms with E-state index < -0.39 is 13.4 Å². The summed E-state index contributed by atoms with van der Waals surface area (Å²) in [6.45, 7) is -5.50. The fourth-order valence-electron chi connectivity index (χ4n) is 0.588. The molecule has 0 heterocycles. The van der Waals surface area contributed by atoms with Crippen molar-refractivity contribution in [3.05, 3.63) is 29.8 Å². The minimum Gasteiger partial charge on any atom is -0.325 e. The van der Waals surface area contributed by atoms with Gasteiger partial charge in [-0.05, 0) is 23.6 Å². The van der Waals surface area contributed by atoms with E-state index in [9.17, 15) is 0 Å². The zero-order valence-corrected chi connectivity index (χ0v) is 15.8. The molecule has 1 aromatic rings. The van der Waals surface area contributed by atoms with E-state index in [0.717, 1.165) is 0 Å². The van der Waals surface area contributed by atoms with Gasteiger partial charge >= 0.3 is 72.6 Å². The van der Waals surface area contributed by atoms with Crippen LogP contribution in [-0.4, -0.2) is 29.4 Å².